The van der Waals surface area contributed by atoms with Crippen LogP contribution in [0.1, 0.15) is 5.56 Å². The highest BCUT2D eigenvalue weighted by Gasteiger charge is 1.92. The molecule has 0 radical (unpaired) electrons. The van der Waals surface area contributed by atoms with Crippen LogP contribution in [0.2, 0.25) is 0 Å². The number of allylic oxidation sites excluding steroid dienone is 4. The lowest BCUT2D eigenvalue weighted by Crippen LogP contribution is -2.07. The summed E-state index contributed by atoms with van der Waals surface area (Å²) in [6, 6.07) is 8.43. The molecule has 0 spiro atoms. The Labute approximate surface area is 92.0 Å². The lowest BCUT2D eigenvalue weighted by molar-refractivity contribution is 1.13. The van der Waals surface area contributed by atoms with E-state index >= 15 is 0 Å². The Morgan fingerprint density at radius 2 is 1.67 bits per heavy atom. The van der Waals surface area contributed by atoms with Crippen molar-refractivity contribution in [3.05, 3.63) is 60.7 Å². The number of benzene rings is 1. The molecular formula is C14H17N. The van der Waals surface area contributed by atoms with E-state index in [1.54, 1.807) is 6.08 Å². The molecule has 0 aliphatic heterocycles. The number of hydrogen-bond donors (Lipinski definition) is 0. The summed E-state index contributed by atoms with van der Waals surface area (Å²) in [5, 5.41) is 0. The fourth-order valence-electron chi connectivity index (χ4n) is 1.19. The average molecular weight is 199 g/mol. The van der Waals surface area contributed by atoms with Gasteiger partial charge in [-0.05, 0) is 17.7 Å². The monoisotopic (exact) mass is 199 g/mol. The third-order valence-corrected chi connectivity index (χ3v) is 2.06. The molecule has 1 nitrogen and oxygen atoms in total. The predicted octanol–water partition coefficient (Wildman–Crippen LogP) is 3.51. The van der Waals surface area contributed by atoms with Crippen molar-refractivity contribution in [3.63, 3.8) is 0 Å². The highest BCUT2D eigenvalue weighted by molar-refractivity contribution is 5.56. The molecule has 0 N–H and O–H groups in total. The minimum absolute atomic E-state index is 1.20. The van der Waals surface area contributed by atoms with Crippen LogP contribution < -0.4 is 4.90 Å². The van der Waals surface area contributed by atoms with E-state index in [9.17, 15) is 0 Å². The van der Waals surface area contributed by atoms with Crippen LogP contribution in [0.25, 0.3) is 6.08 Å². The Balaban J connectivity index is 2.68. The quantitative estimate of drug-likeness (QED) is 0.671. The molecule has 0 atom stereocenters. The van der Waals surface area contributed by atoms with Crippen molar-refractivity contribution in [2.24, 2.45) is 0 Å². The number of anilines is 1. The third-order valence-electron chi connectivity index (χ3n) is 2.06. The van der Waals surface area contributed by atoms with Crippen LogP contribution in [-0.2, 0) is 0 Å². The lowest BCUT2D eigenvalue weighted by Gasteiger charge is -2.11. The van der Waals surface area contributed by atoms with Crippen LogP contribution in [0.4, 0.5) is 5.69 Å². The Hall–Kier alpha value is -1.76. The number of rotatable bonds is 4. The highest BCUT2D eigenvalue weighted by atomic mass is 15.1. The van der Waals surface area contributed by atoms with Gasteiger partial charge >= 0.3 is 0 Å². The first-order valence-corrected chi connectivity index (χ1v) is 4.97. The summed E-state index contributed by atoms with van der Waals surface area (Å²) < 4.78 is 0. The van der Waals surface area contributed by atoms with E-state index in [4.69, 9.17) is 0 Å². The Bertz CT molecular complexity index is 355. The second kappa shape index (κ2) is 5.86. The summed E-state index contributed by atoms with van der Waals surface area (Å²) >= 11 is 0. The number of nitrogens with zero attached hydrogens (tertiary/aromatic N) is 1. The van der Waals surface area contributed by atoms with E-state index in [-0.39, 0.29) is 0 Å². The molecule has 0 unspecified atom stereocenters. The molecule has 1 heteroatoms. The van der Waals surface area contributed by atoms with Crippen LogP contribution in [0.3, 0.4) is 0 Å². The lowest BCUT2D eigenvalue weighted by atomic mass is 10.2. The van der Waals surface area contributed by atoms with Gasteiger partial charge in [0.25, 0.3) is 0 Å². The van der Waals surface area contributed by atoms with Crippen molar-refractivity contribution in [3.8, 4) is 0 Å². The minimum Gasteiger partial charge on any atom is -0.378 e. The van der Waals surface area contributed by atoms with Crippen LogP contribution in [-0.4, -0.2) is 14.1 Å². The summed E-state index contributed by atoms with van der Waals surface area (Å²) in [6.07, 6.45) is 9.71. The zero-order valence-electron chi connectivity index (χ0n) is 9.35. The van der Waals surface area contributed by atoms with Crippen molar-refractivity contribution >= 4 is 11.8 Å². The first-order valence-electron chi connectivity index (χ1n) is 4.97. The highest BCUT2D eigenvalue weighted by Crippen LogP contribution is 2.12. The standard InChI is InChI=1S/C14H17N/c1-4-5-6-7-8-13-9-11-14(12-10-13)15(2)3/h4-12H,1H2,2-3H3/b6-5+,8-7+. The van der Waals surface area contributed by atoms with Crippen molar-refractivity contribution < 1.29 is 0 Å². The summed E-state index contributed by atoms with van der Waals surface area (Å²) in [7, 11) is 4.08. The Kier molecular flexibility index (Phi) is 4.42. The van der Waals surface area contributed by atoms with Crippen LogP contribution >= 0.6 is 0 Å². The van der Waals surface area contributed by atoms with Crippen LogP contribution in [0.15, 0.2) is 55.1 Å². The van der Waals surface area contributed by atoms with Crippen molar-refractivity contribution in [2.75, 3.05) is 19.0 Å². The van der Waals surface area contributed by atoms with Gasteiger partial charge in [-0.25, -0.2) is 0 Å². The molecule has 0 bridgehead atoms. The molecule has 78 valence electrons. The third kappa shape index (κ3) is 3.86. The van der Waals surface area contributed by atoms with E-state index in [2.05, 4.69) is 41.8 Å². The van der Waals surface area contributed by atoms with Gasteiger partial charge in [0.05, 0.1) is 0 Å². The molecule has 0 saturated carbocycles. The average Bonchev–Trinajstić information content (AvgIpc) is 2.25. The maximum absolute atomic E-state index is 3.61. The first kappa shape index (κ1) is 11.3. The molecule has 1 aromatic carbocycles. The Morgan fingerprint density at radius 3 is 2.20 bits per heavy atom. The number of hydrogen-bond acceptors (Lipinski definition) is 1. The van der Waals surface area contributed by atoms with Gasteiger partial charge in [-0.15, -0.1) is 0 Å². The maximum atomic E-state index is 3.61. The van der Waals surface area contributed by atoms with E-state index in [1.165, 1.54) is 11.3 Å². The van der Waals surface area contributed by atoms with Gasteiger partial charge in [0.2, 0.25) is 0 Å². The molecular weight excluding hydrogens is 182 g/mol. The van der Waals surface area contributed by atoms with Gasteiger partial charge in [0.1, 0.15) is 0 Å². The van der Waals surface area contributed by atoms with Crippen molar-refractivity contribution in [1.29, 1.82) is 0 Å². The smallest absolute Gasteiger partial charge is 0.0361 e. The normalized spacial score (nSPS) is 11.1. The van der Waals surface area contributed by atoms with Gasteiger partial charge in [-0.2, -0.15) is 0 Å². The summed E-state index contributed by atoms with van der Waals surface area (Å²) in [6.45, 7) is 3.61. The summed E-state index contributed by atoms with van der Waals surface area (Å²) in [4.78, 5) is 2.09. The van der Waals surface area contributed by atoms with Gasteiger partial charge in [0, 0.05) is 19.8 Å². The second-order valence-electron chi connectivity index (χ2n) is 3.47. The summed E-state index contributed by atoms with van der Waals surface area (Å²) in [5.41, 5.74) is 2.42. The van der Waals surface area contributed by atoms with E-state index in [0.717, 1.165) is 0 Å². The fraction of sp³-hybridized carbons (Fsp3) is 0.143. The molecule has 0 aromatic heterocycles. The Morgan fingerprint density at radius 1 is 1.00 bits per heavy atom. The summed E-state index contributed by atoms with van der Waals surface area (Å²) in [5.74, 6) is 0. The molecule has 15 heavy (non-hydrogen) atoms. The fourth-order valence-corrected chi connectivity index (χ4v) is 1.19. The van der Waals surface area contributed by atoms with E-state index in [0.29, 0.717) is 0 Å². The van der Waals surface area contributed by atoms with Gasteiger partial charge in [-0.3, -0.25) is 0 Å². The molecule has 0 heterocycles. The minimum atomic E-state index is 1.20. The first-order chi connectivity index (χ1) is 7.24. The van der Waals surface area contributed by atoms with E-state index in [1.807, 2.05) is 32.3 Å². The molecule has 1 rings (SSSR count). The van der Waals surface area contributed by atoms with Crippen LogP contribution in [0.5, 0.6) is 0 Å². The molecule has 0 fully saturated rings. The van der Waals surface area contributed by atoms with Gasteiger partial charge < -0.3 is 4.90 Å². The van der Waals surface area contributed by atoms with Crippen molar-refractivity contribution in [2.45, 2.75) is 0 Å². The zero-order chi connectivity index (χ0) is 11.1. The molecule has 0 amide bonds. The van der Waals surface area contributed by atoms with Gasteiger partial charge in [0.15, 0.2) is 0 Å². The van der Waals surface area contributed by atoms with Crippen molar-refractivity contribution in [1.82, 2.24) is 0 Å². The van der Waals surface area contributed by atoms with Gasteiger partial charge in [-0.1, -0.05) is 49.1 Å². The maximum Gasteiger partial charge on any atom is 0.0361 e. The van der Waals surface area contributed by atoms with E-state index < -0.39 is 0 Å². The molecule has 1 aromatic rings. The predicted molar refractivity (Wildman–Crippen MR) is 69.1 cm³/mol. The molecule has 0 saturated heterocycles. The zero-order valence-corrected chi connectivity index (χ0v) is 9.35. The van der Waals surface area contributed by atoms with Crippen LogP contribution in [0, 0.1) is 0 Å². The second-order valence-corrected chi connectivity index (χ2v) is 3.47. The topological polar surface area (TPSA) is 3.24 Å². The largest absolute Gasteiger partial charge is 0.378 e. The SMILES string of the molecule is C=C/C=C/C=C/c1ccc(N(C)C)cc1. The molecule has 0 aliphatic rings. The molecule has 0 aliphatic carbocycles.